The molecule has 0 radical (unpaired) electrons. The molecule has 0 spiro atoms. The van der Waals surface area contributed by atoms with Crippen LogP contribution in [0, 0.1) is 5.92 Å². The van der Waals surface area contributed by atoms with Gasteiger partial charge >= 0.3 is 6.18 Å². The first kappa shape index (κ1) is 16.0. The van der Waals surface area contributed by atoms with E-state index in [0.717, 1.165) is 6.92 Å². The lowest BCUT2D eigenvalue weighted by Gasteiger charge is -2.30. The summed E-state index contributed by atoms with van der Waals surface area (Å²) < 4.78 is 42.6. The van der Waals surface area contributed by atoms with Gasteiger partial charge in [0.1, 0.15) is 6.10 Å². The van der Waals surface area contributed by atoms with Crippen LogP contribution in [0.3, 0.4) is 0 Å². The maximum atomic E-state index is 12.5. The summed E-state index contributed by atoms with van der Waals surface area (Å²) in [5.74, 6) is -0.236. The third-order valence-corrected chi connectivity index (χ3v) is 2.93. The zero-order chi connectivity index (χ0) is 14.6. The smallest absolute Gasteiger partial charge is 0.386 e. The molecule has 0 aromatic heterocycles. The van der Waals surface area contributed by atoms with Gasteiger partial charge in [-0.25, -0.2) is 0 Å². The van der Waals surface area contributed by atoms with Crippen LogP contribution in [0.1, 0.15) is 32.4 Å². The Morgan fingerprint density at radius 2 is 1.58 bits per heavy atom. The van der Waals surface area contributed by atoms with Crippen molar-refractivity contribution in [3.05, 3.63) is 35.9 Å². The molecule has 0 bridgehead atoms. The number of halogens is 3. The summed E-state index contributed by atoms with van der Waals surface area (Å²) in [6, 6.07) is 8.56. The van der Waals surface area contributed by atoms with Gasteiger partial charge in [0, 0.05) is 0 Å². The van der Waals surface area contributed by atoms with Crippen molar-refractivity contribution in [1.82, 2.24) is 0 Å². The number of hydrogen-bond donors (Lipinski definition) is 1. The summed E-state index contributed by atoms with van der Waals surface area (Å²) in [4.78, 5) is 0. The van der Waals surface area contributed by atoms with Gasteiger partial charge in [-0.1, -0.05) is 44.2 Å². The molecule has 0 aliphatic heterocycles. The molecule has 1 rings (SSSR count). The quantitative estimate of drug-likeness (QED) is 0.888. The normalized spacial score (nSPS) is 17.3. The summed E-state index contributed by atoms with van der Waals surface area (Å²) >= 11 is 0. The van der Waals surface area contributed by atoms with Crippen molar-refractivity contribution in [2.75, 3.05) is 0 Å². The Bertz CT molecular complexity index is 376. The van der Waals surface area contributed by atoms with E-state index < -0.39 is 24.5 Å². The van der Waals surface area contributed by atoms with Gasteiger partial charge in [0.15, 0.2) is 6.10 Å². The van der Waals surface area contributed by atoms with E-state index in [4.69, 9.17) is 4.74 Å². The van der Waals surface area contributed by atoms with E-state index in [1.807, 2.05) is 0 Å². The van der Waals surface area contributed by atoms with E-state index in [9.17, 15) is 18.3 Å². The van der Waals surface area contributed by atoms with Crippen molar-refractivity contribution in [2.45, 2.75) is 45.3 Å². The Kier molecular flexibility index (Phi) is 5.38. The molecule has 19 heavy (non-hydrogen) atoms. The zero-order valence-electron chi connectivity index (χ0n) is 11.2. The molecule has 3 unspecified atom stereocenters. The van der Waals surface area contributed by atoms with Crippen LogP contribution in [0.5, 0.6) is 0 Å². The molecule has 0 heterocycles. The molecule has 0 fully saturated rings. The number of hydrogen-bond acceptors (Lipinski definition) is 2. The topological polar surface area (TPSA) is 29.5 Å². The highest BCUT2D eigenvalue weighted by Crippen LogP contribution is 2.30. The number of alkyl halides is 3. The van der Waals surface area contributed by atoms with Crippen LogP contribution in [0.15, 0.2) is 30.3 Å². The van der Waals surface area contributed by atoms with Crippen LogP contribution < -0.4 is 0 Å². The van der Waals surface area contributed by atoms with E-state index >= 15 is 0 Å². The summed E-state index contributed by atoms with van der Waals surface area (Å²) in [5.41, 5.74) is 0.551. The van der Waals surface area contributed by atoms with Crippen molar-refractivity contribution in [3.63, 3.8) is 0 Å². The Hall–Kier alpha value is -1.07. The number of ether oxygens (including phenoxy) is 1. The lowest BCUT2D eigenvalue weighted by atomic mass is 9.96. The lowest BCUT2D eigenvalue weighted by Crippen LogP contribution is -2.37. The van der Waals surface area contributed by atoms with E-state index in [-0.39, 0.29) is 5.92 Å². The standard InChI is InChI=1S/C14H19F3O2/c1-9(2)13(19-10(3)14(15,16)17)12(18)11-7-5-4-6-8-11/h4-10,12-13,18H,1-3H3. The second-order valence-corrected chi connectivity index (χ2v) is 4.88. The fraction of sp³-hybridized carbons (Fsp3) is 0.571. The largest absolute Gasteiger partial charge is 0.414 e. The predicted molar refractivity (Wildman–Crippen MR) is 66.6 cm³/mol. The number of aliphatic hydroxyl groups excluding tert-OH is 1. The fourth-order valence-corrected chi connectivity index (χ4v) is 1.75. The maximum absolute atomic E-state index is 12.5. The van der Waals surface area contributed by atoms with E-state index in [1.54, 1.807) is 44.2 Å². The van der Waals surface area contributed by atoms with Crippen LogP contribution >= 0.6 is 0 Å². The summed E-state index contributed by atoms with van der Waals surface area (Å²) in [7, 11) is 0. The van der Waals surface area contributed by atoms with Crippen molar-refractivity contribution >= 4 is 0 Å². The van der Waals surface area contributed by atoms with Gasteiger partial charge in [-0.15, -0.1) is 0 Å². The van der Waals surface area contributed by atoms with Gasteiger partial charge in [0.05, 0.1) is 6.10 Å². The average molecular weight is 276 g/mol. The lowest BCUT2D eigenvalue weighted by molar-refractivity contribution is -0.241. The van der Waals surface area contributed by atoms with E-state index in [1.165, 1.54) is 0 Å². The number of aliphatic hydroxyl groups is 1. The van der Waals surface area contributed by atoms with Crippen molar-refractivity contribution in [2.24, 2.45) is 5.92 Å². The highest BCUT2D eigenvalue weighted by molar-refractivity contribution is 5.18. The molecule has 0 saturated heterocycles. The molecular weight excluding hydrogens is 257 g/mol. The highest BCUT2D eigenvalue weighted by Gasteiger charge is 2.40. The molecule has 1 aromatic rings. The fourth-order valence-electron chi connectivity index (χ4n) is 1.75. The molecular formula is C14H19F3O2. The monoisotopic (exact) mass is 276 g/mol. The summed E-state index contributed by atoms with van der Waals surface area (Å²) in [6.45, 7) is 4.40. The van der Waals surface area contributed by atoms with Crippen LogP contribution in [-0.2, 0) is 4.74 Å². The van der Waals surface area contributed by atoms with Gasteiger partial charge in [-0.05, 0) is 18.4 Å². The van der Waals surface area contributed by atoms with Crippen molar-refractivity contribution in [3.8, 4) is 0 Å². The Morgan fingerprint density at radius 1 is 1.05 bits per heavy atom. The molecule has 0 aliphatic rings. The van der Waals surface area contributed by atoms with Gasteiger partial charge < -0.3 is 9.84 Å². The second-order valence-electron chi connectivity index (χ2n) is 4.88. The average Bonchev–Trinajstić information content (AvgIpc) is 2.34. The molecule has 108 valence electrons. The first-order valence-electron chi connectivity index (χ1n) is 6.18. The second kappa shape index (κ2) is 6.39. The third-order valence-electron chi connectivity index (χ3n) is 2.93. The van der Waals surface area contributed by atoms with Crippen LogP contribution in [0.25, 0.3) is 0 Å². The van der Waals surface area contributed by atoms with Crippen LogP contribution in [0.2, 0.25) is 0 Å². The van der Waals surface area contributed by atoms with Crippen LogP contribution in [0.4, 0.5) is 13.2 Å². The molecule has 0 amide bonds. The first-order chi connectivity index (χ1) is 8.73. The molecule has 0 aliphatic carbocycles. The highest BCUT2D eigenvalue weighted by atomic mass is 19.4. The third kappa shape index (κ3) is 4.51. The predicted octanol–water partition coefficient (Wildman–Crippen LogP) is 3.71. The molecule has 0 saturated carbocycles. The Balaban J connectivity index is 2.84. The molecule has 2 nitrogen and oxygen atoms in total. The molecule has 1 N–H and O–H groups in total. The maximum Gasteiger partial charge on any atom is 0.414 e. The van der Waals surface area contributed by atoms with Crippen molar-refractivity contribution < 1.29 is 23.0 Å². The van der Waals surface area contributed by atoms with Gasteiger partial charge in [0.25, 0.3) is 0 Å². The van der Waals surface area contributed by atoms with Gasteiger partial charge in [-0.2, -0.15) is 13.2 Å². The minimum absolute atomic E-state index is 0.236. The van der Waals surface area contributed by atoms with E-state index in [0.29, 0.717) is 5.56 Å². The molecule has 5 heteroatoms. The zero-order valence-corrected chi connectivity index (χ0v) is 11.2. The Morgan fingerprint density at radius 3 is 2.00 bits per heavy atom. The molecule has 1 aromatic carbocycles. The van der Waals surface area contributed by atoms with Gasteiger partial charge in [0.2, 0.25) is 0 Å². The number of rotatable bonds is 5. The minimum atomic E-state index is -4.43. The SMILES string of the molecule is CC(C)C(OC(C)C(F)(F)F)C(O)c1ccccc1. The van der Waals surface area contributed by atoms with E-state index in [2.05, 4.69) is 0 Å². The summed E-state index contributed by atoms with van der Waals surface area (Å²) in [5, 5.41) is 10.2. The van der Waals surface area contributed by atoms with Gasteiger partial charge in [-0.3, -0.25) is 0 Å². The first-order valence-corrected chi connectivity index (χ1v) is 6.18. The summed E-state index contributed by atoms with van der Waals surface area (Å²) in [6.07, 6.45) is -8.31. The van der Waals surface area contributed by atoms with Crippen molar-refractivity contribution in [1.29, 1.82) is 0 Å². The number of benzene rings is 1. The Labute approximate surface area is 111 Å². The minimum Gasteiger partial charge on any atom is -0.386 e. The van der Waals surface area contributed by atoms with Crippen LogP contribution in [-0.4, -0.2) is 23.5 Å². The molecule has 3 atom stereocenters.